The van der Waals surface area contributed by atoms with Gasteiger partial charge in [0.15, 0.2) is 5.16 Å². The molecule has 0 atom stereocenters. The van der Waals surface area contributed by atoms with E-state index in [0.717, 1.165) is 23.2 Å². The number of fused-ring (bicyclic) bond motifs is 3. The summed E-state index contributed by atoms with van der Waals surface area (Å²) in [6.07, 6.45) is 0.740. The Morgan fingerprint density at radius 1 is 1.08 bits per heavy atom. The Labute approximate surface area is 213 Å². The van der Waals surface area contributed by atoms with E-state index in [9.17, 15) is 14.4 Å². The standard InChI is InChI=1S/C26H30N6O3S/c1-6-11-31-24(35)19-9-8-18(23(34)27-15(2)3)13-21(19)32-25(31)29-30-26(32)36-14-22(33)28-20-10-7-16(4)12-17(20)5/h7-10,12-13,15H,6,11,14H2,1-5H3,(H,27,34)(H,28,33). The number of anilines is 1. The zero-order valence-electron chi connectivity index (χ0n) is 21.1. The largest absolute Gasteiger partial charge is 0.350 e. The Balaban J connectivity index is 1.72. The predicted molar refractivity (Wildman–Crippen MR) is 143 cm³/mol. The van der Waals surface area contributed by atoms with Crippen molar-refractivity contribution in [2.45, 2.75) is 58.8 Å². The van der Waals surface area contributed by atoms with Crippen LogP contribution in [0, 0.1) is 13.8 Å². The zero-order valence-corrected chi connectivity index (χ0v) is 21.9. The fraction of sp³-hybridized carbons (Fsp3) is 0.346. The van der Waals surface area contributed by atoms with Gasteiger partial charge in [0, 0.05) is 23.8 Å². The highest BCUT2D eigenvalue weighted by molar-refractivity contribution is 7.99. The summed E-state index contributed by atoms with van der Waals surface area (Å²) in [5.41, 5.74) is 3.65. The van der Waals surface area contributed by atoms with Gasteiger partial charge in [0.05, 0.1) is 16.7 Å². The van der Waals surface area contributed by atoms with Crippen molar-refractivity contribution >= 4 is 45.9 Å². The van der Waals surface area contributed by atoms with Crippen molar-refractivity contribution in [3.8, 4) is 0 Å². The SMILES string of the molecule is CCCn1c(=O)c2ccc(C(=O)NC(C)C)cc2n2c(SCC(=O)Nc3ccc(C)cc3C)nnc12. The summed E-state index contributed by atoms with van der Waals surface area (Å²) in [4.78, 5) is 38.6. The van der Waals surface area contributed by atoms with Crippen molar-refractivity contribution in [1.82, 2.24) is 24.5 Å². The van der Waals surface area contributed by atoms with Crippen LogP contribution in [0.5, 0.6) is 0 Å². The van der Waals surface area contributed by atoms with Crippen LogP contribution in [0.1, 0.15) is 48.7 Å². The highest BCUT2D eigenvalue weighted by atomic mass is 32.2. The second kappa shape index (κ2) is 10.5. The number of amides is 2. The molecule has 188 valence electrons. The van der Waals surface area contributed by atoms with E-state index < -0.39 is 0 Å². The van der Waals surface area contributed by atoms with Crippen molar-refractivity contribution in [2.24, 2.45) is 0 Å². The highest BCUT2D eigenvalue weighted by Gasteiger charge is 2.19. The van der Waals surface area contributed by atoms with E-state index in [1.807, 2.05) is 52.8 Å². The molecular weight excluding hydrogens is 476 g/mol. The lowest BCUT2D eigenvalue weighted by molar-refractivity contribution is -0.113. The smallest absolute Gasteiger partial charge is 0.262 e. The summed E-state index contributed by atoms with van der Waals surface area (Å²) in [6.45, 7) is 10.2. The molecule has 4 aromatic rings. The first kappa shape index (κ1) is 25.4. The summed E-state index contributed by atoms with van der Waals surface area (Å²) < 4.78 is 3.34. The molecule has 36 heavy (non-hydrogen) atoms. The zero-order chi connectivity index (χ0) is 26.0. The molecule has 2 N–H and O–H groups in total. The molecule has 0 spiro atoms. The summed E-state index contributed by atoms with van der Waals surface area (Å²) in [7, 11) is 0. The second-order valence-electron chi connectivity index (χ2n) is 9.09. The van der Waals surface area contributed by atoms with Gasteiger partial charge in [0.2, 0.25) is 11.7 Å². The second-order valence-corrected chi connectivity index (χ2v) is 10.0. The topological polar surface area (TPSA) is 110 Å². The number of nitrogens with zero attached hydrogens (tertiary/aromatic N) is 4. The molecule has 0 saturated carbocycles. The first-order valence-corrected chi connectivity index (χ1v) is 12.9. The third-order valence-electron chi connectivity index (χ3n) is 5.69. The van der Waals surface area contributed by atoms with Crippen LogP contribution in [0.3, 0.4) is 0 Å². The maximum atomic E-state index is 13.2. The number of aromatic nitrogens is 4. The van der Waals surface area contributed by atoms with Gasteiger partial charge in [-0.15, -0.1) is 10.2 Å². The van der Waals surface area contributed by atoms with Crippen LogP contribution >= 0.6 is 11.8 Å². The van der Waals surface area contributed by atoms with Crippen LogP contribution in [-0.2, 0) is 11.3 Å². The van der Waals surface area contributed by atoms with Crippen LogP contribution < -0.4 is 16.2 Å². The van der Waals surface area contributed by atoms with E-state index in [0.29, 0.717) is 33.9 Å². The van der Waals surface area contributed by atoms with E-state index in [-0.39, 0.29) is 29.2 Å². The Morgan fingerprint density at radius 3 is 2.56 bits per heavy atom. The van der Waals surface area contributed by atoms with Gasteiger partial charge in [-0.3, -0.25) is 23.4 Å². The molecule has 2 heterocycles. The van der Waals surface area contributed by atoms with Gasteiger partial charge in [0.25, 0.3) is 11.5 Å². The van der Waals surface area contributed by atoms with Gasteiger partial charge >= 0.3 is 0 Å². The lowest BCUT2D eigenvalue weighted by Gasteiger charge is -2.13. The van der Waals surface area contributed by atoms with Crippen molar-refractivity contribution in [1.29, 1.82) is 0 Å². The van der Waals surface area contributed by atoms with Crippen molar-refractivity contribution in [2.75, 3.05) is 11.1 Å². The number of carbonyl (C=O) groups excluding carboxylic acids is 2. The summed E-state index contributed by atoms with van der Waals surface area (Å²) in [6, 6.07) is 10.8. The van der Waals surface area contributed by atoms with Crippen molar-refractivity contribution in [3.63, 3.8) is 0 Å². The van der Waals surface area contributed by atoms with Crippen LogP contribution in [0.2, 0.25) is 0 Å². The van der Waals surface area contributed by atoms with E-state index in [1.54, 1.807) is 27.2 Å². The van der Waals surface area contributed by atoms with Crippen LogP contribution in [-0.4, -0.2) is 42.8 Å². The molecule has 0 aliphatic carbocycles. The fourth-order valence-corrected chi connectivity index (χ4v) is 4.80. The van der Waals surface area contributed by atoms with Gasteiger partial charge in [-0.1, -0.05) is 36.4 Å². The van der Waals surface area contributed by atoms with E-state index >= 15 is 0 Å². The molecule has 0 bridgehead atoms. The Hall–Kier alpha value is -3.66. The number of benzene rings is 2. The molecule has 0 fully saturated rings. The molecule has 2 amide bonds. The number of thioether (sulfide) groups is 1. The monoisotopic (exact) mass is 506 g/mol. The first-order valence-electron chi connectivity index (χ1n) is 11.9. The Morgan fingerprint density at radius 2 is 1.86 bits per heavy atom. The molecule has 9 nitrogen and oxygen atoms in total. The maximum Gasteiger partial charge on any atom is 0.262 e. The minimum atomic E-state index is -0.229. The van der Waals surface area contributed by atoms with Gasteiger partial charge in [-0.2, -0.15) is 0 Å². The summed E-state index contributed by atoms with van der Waals surface area (Å²) in [5.74, 6) is 0.0867. The number of aryl methyl sites for hydroxylation is 3. The number of hydrogen-bond acceptors (Lipinski definition) is 6. The molecule has 0 radical (unpaired) electrons. The van der Waals surface area contributed by atoms with Gasteiger partial charge in [0.1, 0.15) is 0 Å². The predicted octanol–water partition coefficient (Wildman–Crippen LogP) is 3.94. The lowest BCUT2D eigenvalue weighted by atomic mass is 10.1. The normalized spacial score (nSPS) is 11.4. The Kier molecular flexibility index (Phi) is 7.44. The molecule has 0 aliphatic heterocycles. The number of hydrogen-bond donors (Lipinski definition) is 2. The average molecular weight is 507 g/mol. The third kappa shape index (κ3) is 5.13. The molecule has 0 unspecified atom stereocenters. The third-order valence-corrected chi connectivity index (χ3v) is 6.62. The lowest BCUT2D eigenvalue weighted by Crippen LogP contribution is -2.30. The number of nitrogens with one attached hydrogen (secondary N) is 2. The van der Waals surface area contributed by atoms with Crippen molar-refractivity contribution < 1.29 is 9.59 Å². The van der Waals surface area contributed by atoms with Crippen LogP contribution in [0.4, 0.5) is 5.69 Å². The van der Waals surface area contributed by atoms with E-state index in [1.165, 1.54) is 11.8 Å². The number of rotatable bonds is 8. The van der Waals surface area contributed by atoms with Crippen molar-refractivity contribution in [3.05, 3.63) is 63.4 Å². The molecule has 2 aromatic carbocycles. The van der Waals surface area contributed by atoms with Gasteiger partial charge in [-0.05, 0) is 63.9 Å². The quantitative estimate of drug-likeness (QED) is 0.350. The first-order chi connectivity index (χ1) is 17.2. The molecular formula is C26H30N6O3S. The molecule has 4 rings (SSSR count). The fourth-order valence-electron chi connectivity index (χ4n) is 4.06. The van der Waals surface area contributed by atoms with Gasteiger partial charge in [-0.25, -0.2) is 0 Å². The minimum absolute atomic E-state index is 0.0255. The molecule has 0 saturated heterocycles. The average Bonchev–Trinajstić information content (AvgIpc) is 3.25. The Bertz CT molecular complexity index is 1520. The number of carbonyl (C=O) groups is 2. The van der Waals surface area contributed by atoms with E-state index in [2.05, 4.69) is 20.8 Å². The highest BCUT2D eigenvalue weighted by Crippen LogP contribution is 2.24. The van der Waals surface area contributed by atoms with E-state index in [4.69, 9.17) is 0 Å². The molecule has 0 aliphatic rings. The molecule has 10 heteroatoms. The minimum Gasteiger partial charge on any atom is -0.350 e. The molecule has 2 aromatic heterocycles. The summed E-state index contributed by atoms with van der Waals surface area (Å²) in [5, 5.41) is 15.3. The maximum absolute atomic E-state index is 13.2. The van der Waals surface area contributed by atoms with Gasteiger partial charge < -0.3 is 10.6 Å². The summed E-state index contributed by atoms with van der Waals surface area (Å²) >= 11 is 1.23. The van der Waals surface area contributed by atoms with Crippen LogP contribution in [0.25, 0.3) is 16.7 Å². The van der Waals surface area contributed by atoms with Crippen LogP contribution in [0.15, 0.2) is 46.3 Å².